The monoisotopic (exact) mass is 316 g/mol. The fourth-order valence-corrected chi connectivity index (χ4v) is 3.92. The van der Waals surface area contributed by atoms with Gasteiger partial charge in [0, 0.05) is 4.88 Å². The summed E-state index contributed by atoms with van der Waals surface area (Å²) in [5.41, 5.74) is 9.07. The van der Waals surface area contributed by atoms with E-state index in [9.17, 15) is 4.79 Å². The predicted molar refractivity (Wildman–Crippen MR) is 90.2 cm³/mol. The number of amides is 1. The van der Waals surface area contributed by atoms with Gasteiger partial charge in [-0.05, 0) is 24.0 Å². The first kappa shape index (κ1) is 15.1. The van der Waals surface area contributed by atoms with E-state index in [0.717, 1.165) is 33.8 Å². The molecular weight excluding hydrogens is 296 g/mol. The molecule has 0 fully saturated rings. The summed E-state index contributed by atoms with van der Waals surface area (Å²) in [6, 6.07) is 9.86. The number of thiophene rings is 1. The summed E-state index contributed by atoms with van der Waals surface area (Å²) in [6.07, 6.45) is 1.58. The van der Waals surface area contributed by atoms with Gasteiger partial charge in [0.1, 0.15) is 5.00 Å². The van der Waals surface area contributed by atoms with Crippen molar-refractivity contribution in [3.05, 3.63) is 46.3 Å². The van der Waals surface area contributed by atoms with Crippen LogP contribution in [-0.2, 0) is 22.6 Å². The molecule has 1 aromatic heterocycles. The summed E-state index contributed by atoms with van der Waals surface area (Å²) in [7, 11) is 0. The molecule has 0 radical (unpaired) electrons. The van der Waals surface area contributed by atoms with Crippen molar-refractivity contribution in [3.8, 4) is 0 Å². The second-order valence-electron chi connectivity index (χ2n) is 5.41. The van der Waals surface area contributed by atoms with Gasteiger partial charge >= 0.3 is 0 Å². The van der Waals surface area contributed by atoms with E-state index in [-0.39, 0.29) is 11.8 Å². The Balaban J connectivity index is 1.80. The van der Waals surface area contributed by atoms with Crippen LogP contribution in [0.4, 0.5) is 10.7 Å². The maximum Gasteiger partial charge on any atom is 0.232 e. The Morgan fingerprint density at radius 3 is 2.86 bits per heavy atom. The number of benzene rings is 1. The standard InChI is InChI=1S/C17H20N2O2S/c1-2-12(11-6-4-3-5-7-11)16(20)19-17-15(18)13-8-9-21-10-14(13)22-17/h3-7,12H,2,8-10,18H2,1H3,(H,19,20). The van der Waals surface area contributed by atoms with Crippen LogP contribution >= 0.6 is 11.3 Å². The molecule has 0 spiro atoms. The van der Waals surface area contributed by atoms with E-state index in [1.807, 2.05) is 37.3 Å². The molecule has 0 saturated heterocycles. The fourth-order valence-electron chi connectivity index (χ4n) is 2.81. The lowest BCUT2D eigenvalue weighted by Gasteiger charge is -2.15. The molecule has 1 amide bonds. The second-order valence-corrected chi connectivity index (χ2v) is 6.52. The Labute approximate surface area is 134 Å². The number of anilines is 2. The highest BCUT2D eigenvalue weighted by atomic mass is 32.1. The molecule has 1 unspecified atom stereocenters. The van der Waals surface area contributed by atoms with Crippen molar-refractivity contribution in [2.45, 2.75) is 32.3 Å². The molecule has 2 aromatic rings. The van der Waals surface area contributed by atoms with Crippen LogP contribution < -0.4 is 11.1 Å². The second kappa shape index (κ2) is 6.50. The first-order valence-corrected chi connectivity index (χ1v) is 8.36. The molecule has 0 aliphatic carbocycles. The first-order valence-electron chi connectivity index (χ1n) is 7.54. The molecule has 1 aliphatic rings. The molecule has 1 aromatic carbocycles. The summed E-state index contributed by atoms with van der Waals surface area (Å²) in [4.78, 5) is 13.7. The Kier molecular flexibility index (Phi) is 4.45. The Bertz CT molecular complexity index is 667. The molecule has 0 saturated carbocycles. The Morgan fingerprint density at radius 2 is 2.18 bits per heavy atom. The normalized spacial score (nSPS) is 15.1. The van der Waals surface area contributed by atoms with E-state index in [1.165, 1.54) is 11.3 Å². The predicted octanol–water partition coefficient (Wildman–Crippen LogP) is 3.54. The van der Waals surface area contributed by atoms with Crippen molar-refractivity contribution in [1.82, 2.24) is 0 Å². The van der Waals surface area contributed by atoms with Gasteiger partial charge in [-0.15, -0.1) is 11.3 Å². The minimum atomic E-state index is -0.157. The van der Waals surface area contributed by atoms with Crippen LogP contribution in [0.15, 0.2) is 30.3 Å². The van der Waals surface area contributed by atoms with Crippen molar-refractivity contribution in [3.63, 3.8) is 0 Å². The van der Waals surface area contributed by atoms with Crippen LogP contribution in [0.1, 0.15) is 35.3 Å². The van der Waals surface area contributed by atoms with Crippen molar-refractivity contribution in [2.24, 2.45) is 0 Å². The van der Waals surface area contributed by atoms with E-state index in [1.54, 1.807) is 0 Å². The molecule has 4 nitrogen and oxygen atoms in total. The quantitative estimate of drug-likeness (QED) is 0.907. The number of nitrogen functional groups attached to an aromatic ring is 1. The first-order chi connectivity index (χ1) is 10.7. The van der Waals surface area contributed by atoms with Crippen molar-refractivity contribution >= 4 is 27.9 Å². The summed E-state index contributed by atoms with van der Waals surface area (Å²) >= 11 is 1.53. The van der Waals surface area contributed by atoms with E-state index >= 15 is 0 Å². The van der Waals surface area contributed by atoms with E-state index in [0.29, 0.717) is 18.9 Å². The van der Waals surface area contributed by atoms with E-state index in [4.69, 9.17) is 10.5 Å². The van der Waals surface area contributed by atoms with Gasteiger partial charge in [0.15, 0.2) is 0 Å². The van der Waals surface area contributed by atoms with E-state index < -0.39 is 0 Å². The molecule has 5 heteroatoms. The third-order valence-electron chi connectivity index (χ3n) is 4.02. The summed E-state index contributed by atoms with van der Waals surface area (Å²) < 4.78 is 5.45. The van der Waals surface area contributed by atoms with Gasteiger partial charge < -0.3 is 15.8 Å². The zero-order chi connectivity index (χ0) is 15.5. The number of hydrogen-bond donors (Lipinski definition) is 2. The molecule has 0 bridgehead atoms. The molecule has 3 N–H and O–H groups in total. The van der Waals surface area contributed by atoms with E-state index in [2.05, 4.69) is 5.32 Å². The third kappa shape index (κ3) is 2.87. The summed E-state index contributed by atoms with van der Waals surface area (Å²) in [5.74, 6) is -0.157. The van der Waals surface area contributed by atoms with Crippen LogP contribution in [0.3, 0.4) is 0 Å². The number of carbonyl (C=O) groups is 1. The molecule has 22 heavy (non-hydrogen) atoms. The lowest BCUT2D eigenvalue weighted by molar-refractivity contribution is -0.117. The van der Waals surface area contributed by atoms with Gasteiger partial charge in [-0.2, -0.15) is 0 Å². The number of nitrogens with two attached hydrogens (primary N) is 1. The van der Waals surface area contributed by atoms with Gasteiger partial charge in [-0.3, -0.25) is 4.79 Å². The van der Waals surface area contributed by atoms with Gasteiger partial charge in [0.2, 0.25) is 5.91 Å². The number of carbonyl (C=O) groups excluding carboxylic acids is 1. The SMILES string of the molecule is CCC(C(=O)Nc1sc2c(c1N)CCOC2)c1ccccc1. The summed E-state index contributed by atoms with van der Waals surface area (Å²) in [6.45, 7) is 3.31. The summed E-state index contributed by atoms with van der Waals surface area (Å²) in [5, 5.41) is 3.78. The average molecular weight is 316 g/mol. The van der Waals surface area contributed by atoms with Gasteiger partial charge in [0.05, 0.1) is 24.8 Å². The number of hydrogen-bond acceptors (Lipinski definition) is 4. The van der Waals surface area contributed by atoms with Crippen LogP contribution in [-0.4, -0.2) is 12.5 Å². The lowest BCUT2D eigenvalue weighted by atomic mass is 9.96. The number of rotatable bonds is 4. The molecule has 2 heterocycles. The fraction of sp³-hybridized carbons (Fsp3) is 0.353. The molecule has 3 rings (SSSR count). The number of fused-ring (bicyclic) bond motifs is 1. The number of nitrogens with one attached hydrogen (secondary N) is 1. The largest absolute Gasteiger partial charge is 0.396 e. The van der Waals surface area contributed by atoms with Crippen molar-refractivity contribution < 1.29 is 9.53 Å². The smallest absolute Gasteiger partial charge is 0.232 e. The maximum atomic E-state index is 12.6. The highest BCUT2D eigenvalue weighted by molar-refractivity contribution is 7.17. The third-order valence-corrected chi connectivity index (χ3v) is 5.16. The van der Waals surface area contributed by atoms with Gasteiger partial charge in [-0.1, -0.05) is 37.3 Å². The van der Waals surface area contributed by atoms with Gasteiger partial charge in [-0.25, -0.2) is 0 Å². The highest BCUT2D eigenvalue weighted by Gasteiger charge is 2.23. The lowest BCUT2D eigenvalue weighted by Crippen LogP contribution is -2.20. The van der Waals surface area contributed by atoms with Crippen LogP contribution in [0, 0.1) is 0 Å². The molecule has 1 aliphatic heterocycles. The number of ether oxygens (including phenoxy) is 1. The minimum Gasteiger partial charge on any atom is -0.396 e. The van der Waals surface area contributed by atoms with Crippen LogP contribution in [0.5, 0.6) is 0 Å². The maximum absolute atomic E-state index is 12.6. The Morgan fingerprint density at radius 1 is 1.41 bits per heavy atom. The zero-order valence-corrected chi connectivity index (χ0v) is 13.4. The average Bonchev–Trinajstić information content (AvgIpc) is 2.86. The molecule has 1 atom stereocenters. The Hall–Kier alpha value is -1.85. The van der Waals surface area contributed by atoms with Gasteiger partial charge in [0.25, 0.3) is 0 Å². The molecular formula is C17H20N2O2S. The van der Waals surface area contributed by atoms with Crippen molar-refractivity contribution in [2.75, 3.05) is 17.7 Å². The zero-order valence-electron chi connectivity index (χ0n) is 12.6. The molecule has 116 valence electrons. The van der Waals surface area contributed by atoms with Crippen LogP contribution in [0.2, 0.25) is 0 Å². The topological polar surface area (TPSA) is 64.4 Å². The van der Waals surface area contributed by atoms with Crippen molar-refractivity contribution in [1.29, 1.82) is 0 Å². The van der Waals surface area contributed by atoms with Crippen LogP contribution in [0.25, 0.3) is 0 Å². The minimum absolute atomic E-state index is 0.0000784. The highest BCUT2D eigenvalue weighted by Crippen LogP contribution is 2.39.